The van der Waals surface area contributed by atoms with Gasteiger partial charge in [0.1, 0.15) is 0 Å². The molecule has 0 amide bonds. The van der Waals surface area contributed by atoms with Gasteiger partial charge in [-0.3, -0.25) is 0 Å². The molecule has 3 rings (SSSR count). The van der Waals surface area contributed by atoms with E-state index in [2.05, 4.69) is 0 Å². The Morgan fingerprint density at radius 2 is 2.06 bits per heavy atom. The number of aliphatic hydroxyl groups excluding tert-OH is 1. The topological polar surface area (TPSA) is 73.9 Å². The van der Waals surface area contributed by atoms with Gasteiger partial charge in [0.25, 0.3) is 0 Å². The molecule has 1 fully saturated rings. The first-order valence-corrected chi connectivity index (χ1v) is 5.62. The van der Waals surface area contributed by atoms with Crippen LogP contribution in [0.4, 0.5) is 0 Å². The Morgan fingerprint density at radius 3 is 2.71 bits per heavy atom. The van der Waals surface area contributed by atoms with Gasteiger partial charge in [-0.2, -0.15) is 0 Å². The van der Waals surface area contributed by atoms with Crippen LogP contribution in [0.5, 0.6) is 11.5 Å². The van der Waals surface area contributed by atoms with Crippen molar-refractivity contribution in [1.82, 2.24) is 0 Å². The zero-order valence-corrected chi connectivity index (χ0v) is 9.39. The molecule has 5 heteroatoms. The third-order valence-corrected chi connectivity index (χ3v) is 3.53. The van der Waals surface area contributed by atoms with Gasteiger partial charge in [-0.1, -0.05) is 6.07 Å². The van der Waals surface area contributed by atoms with E-state index in [1.807, 2.05) is 18.2 Å². The molecule has 0 radical (unpaired) electrons. The molecule has 1 atom stereocenters. The Hall–Kier alpha value is -1.30. The smallest absolute Gasteiger partial charge is 0.231 e. The van der Waals surface area contributed by atoms with Gasteiger partial charge >= 0.3 is 0 Å². The van der Waals surface area contributed by atoms with Crippen molar-refractivity contribution in [3.05, 3.63) is 23.8 Å². The van der Waals surface area contributed by atoms with Gasteiger partial charge in [0.05, 0.1) is 24.7 Å². The van der Waals surface area contributed by atoms with Crippen LogP contribution in [-0.2, 0) is 10.2 Å². The second-order valence-electron chi connectivity index (χ2n) is 4.47. The number of nitrogens with two attached hydrogens (primary N) is 1. The van der Waals surface area contributed by atoms with E-state index in [1.54, 1.807) is 0 Å². The first-order chi connectivity index (χ1) is 8.26. The molecule has 92 valence electrons. The molecular weight excluding hydrogens is 222 g/mol. The molecule has 1 aromatic carbocycles. The number of ether oxygens (including phenoxy) is 3. The highest BCUT2D eigenvalue weighted by atomic mass is 16.7. The summed E-state index contributed by atoms with van der Waals surface area (Å²) in [6, 6.07) is 5.71. The van der Waals surface area contributed by atoms with Crippen molar-refractivity contribution in [2.45, 2.75) is 11.5 Å². The van der Waals surface area contributed by atoms with Crippen LogP contribution in [0.2, 0.25) is 0 Å². The van der Waals surface area contributed by atoms with Gasteiger partial charge in [-0.15, -0.1) is 0 Å². The van der Waals surface area contributed by atoms with E-state index in [-0.39, 0.29) is 13.3 Å². The van der Waals surface area contributed by atoms with Gasteiger partial charge in [-0.25, -0.2) is 0 Å². The van der Waals surface area contributed by atoms with E-state index < -0.39 is 11.5 Å². The van der Waals surface area contributed by atoms with Crippen LogP contribution in [0, 0.1) is 0 Å². The molecule has 0 spiro atoms. The van der Waals surface area contributed by atoms with Crippen molar-refractivity contribution < 1.29 is 19.3 Å². The lowest BCUT2D eigenvalue weighted by atomic mass is 9.73. The summed E-state index contributed by atoms with van der Waals surface area (Å²) < 4.78 is 15.9. The summed E-state index contributed by atoms with van der Waals surface area (Å²) in [5.74, 6) is 1.46. The number of fused-ring (bicyclic) bond motifs is 1. The highest BCUT2D eigenvalue weighted by Gasteiger charge is 2.46. The fourth-order valence-electron chi connectivity index (χ4n) is 2.31. The van der Waals surface area contributed by atoms with E-state index in [0.717, 1.165) is 17.1 Å². The SMILES string of the molecule is NCC(O)C1(c2ccc3c(c2)OCO3)COC1. The Balaban J connectivity index is 1.97. The third-order valence-electron chi connectivity index (χ3n) is 3.53. The summed E-state index contributed by atoms with van der Waals surface area (Å²) in [7, 11) is 0. The number of hydrogen-bond donors (Lipinski definition) is 2. The number of hydrogen-bond acceptors (Lipinski definition) is 5. The van der Waals surface area contributed by atoms with E-state index in [1.165, 1.54) is 0 Å². The van der Waals surface area contributed by atoms with E-state index >= 15 is 0 Å². The number of aliphatic hydroxyl groups is 1. The van der Waals surface area contributed by atoms with E-state index in [0.29, 0.717) is 13.2 Å². The van der Waals surface area contributed by atoms with Crippen LogP contribution in [-0.4, -0.2) is 37.8 Å². The molecule has 1 aromatic rings. The van der Waals surface area contributed by atoms with Crippen LogP contribution >= 0.6 is 0 Å². The quantitative estimate of drug-likeness (QED) is 0.774. The predicted octanol–water partition coefficient (Wildman–Crippen LogP) is 0.00290. The summed E-state index contributed by atoms with van der Waals surface area (Å²) in [6.45, 7) is 1.45. The number of benzene rings is 1. The average Bonchev–Trinajstić information content (AvgIpc) is 2.74. The van der Waals surface area contributed by atoms with Crippen molar-refractivity contribution in [1.29, 1.82) is 0 Å². The molecule has 17 heavy (non-hydrogen) atoms. The van der Waals surface area contributed by atoms with Crippen molar-refractivity contribution in [3.63, 3.8) is 0 Å². The molecule has 2 aliphatic heterocycles. The lowest BCUT2D eigenvalue weighted by molar-refractivity contribution is -0.116. The highest BCUT2D eigenvalue weighted by Crippen LogP contribution is 2.41. The second kappa shape index (κ2) is 3.87. The molecule has 3 N–H and O–H groups in total. The van der Waals surface area contributed by atoms with Gasteiger partial charge in [0, 0.05) is 6.54 Å². The van der Waals surface area contributed by atoms with Gasteiger partial charge in [-0.05, 0) is 17.7 Å². The lowest BCUT2D eigenvalue weighted by Gasteiger charge is -2.45. The third kappa shape index (κ3) is 1.50. The molecular formula is C12H15NO4. The largest absolute Gasteiger partial charge is 0.454 e. The Bertz CT molecular complexity index is 431. The molecule has 0 bridgehead atoms. The Labute approximate surface area is 99.1 Å². The van der Waals surface area contributed by atoms with Crippen LogP contribution in [0.1, 0.15) is 5.56 Å². The Kier molecular flexibility index (Phi) is 2.47. The highest BCUT2D eigenvalue weighted by molar-refractivity contribution is 5.47. The van der Waals surface area contributed by atoms with Gasteiger partial charge in [0.2, 0.25) is 6.79 Å². The van der Waals surface area contributed by atoms with Gasteiger partial charge < -0.3 is 25.1 Å². The van der Waals surface area contributed by atoms with Crippen LogP contribution < -0.4 is 15.2 Å². The predicted molar refractivity (Wildman–Crippen MR) is 60.1 cm³/mol. The molecule has 2 aliphatic rings. The summed E-state index contributed by atoms with van der Waals surface area (Å²) in [5, 5.41) is 10.1. The van der Waals surface area contributed by atoms with Gasteiger partial charge in [0.15, 0.2) is 11.5 Å². The second-order valence-corrected chi connectivity index (χ2v) is 4.47. The normalized spacial score (nSPS) is 22.0. The Morgan fingerprint density at radius 1 is 1.29 bits per heavy atom. The first kappa shape index (κ1) is 10.8. The van der Waals surface area contributed by atoms with Crippen molar-refractivity contribution in [3.8, 4) is 11.5 Å². The summed E-state index contributed by atoms with van der Waals surface area (Å²) >= 11 is 0. The van der Waals surface area contributed by atoms with Crippen molar-refractivity contribution in [2.75, 3.05) is 26.6 Å². The maximum absolute atomic E-state index is 10.1. The molecule has 5 nitrogen and oxygen atoms in total. The zero-order chi connectivity index (χ0) is 11.9. The molecule has 0 saturated carbocycles. The number of rotatable bonds is 3. The van der Waals surface area contributed by atoms with Crippen LogP contribution in [0.3, 0.4) is 0 Å². The lowest BCUT2D eigenvalue weighted by Crippen LogP contribution is -2.57. The fraction of sp³-hybridized carbons (Fsp3) is 0.500. The first-order valence-electron chi connectivity index (χ1n) is 5.62. The molecule has 2 heterocycles. The summed E-state index contributed by atoms with van der Waals surface area (Å²) in [4.78, 5) is 0. The zero-order valence-electron chi connectivity index (χ0n) is 9.39. The minimum absolute atomic E-state index is 0.220. The van der Waals surface area contributed by atoms with Crippen molar-refractivity contribution >= 4 is 0 Å². The van der Waals surface area contributed by atoms with Crippen LogP contribution in [0.25, 0.3) is 0 Å². The van der Waals surface area contributed by atoms with E-state index in [4.69, 9.17) is 19.9 Å². The summed E-state index contributed by atoms with van der Waals surface area (Å²) in [5.41, 5.74) is 6.15. The summed E-state index contributed by atoms with van der Waals surface area (Å²) in [6.07, 6.45) is -0.600. The monoisotopic (exact) mass is 237 g/mol. The van der Waals surface area contributed by atoms with E-state index in [9.17, 15) is 5.11 Å². The molecule has 0 aromatic heterocycles. The molecule has 1 unspecified atom stereocenters. The minimum atomic E-state index is -0.600. The molecule has 0 aliphatic carbocycles. The average molecular weight is 237 g/mol. The maximum atomic E-state index is 10.1. The van der Waals surface area contributed by atoms with Crippen LogP contribution in [0.15, 0.2) is 18.2 Å². The minimum Gasteiger partial charge on any atom is -0.454 e. The molecule has 1 saturated heterocycles. The maximum Gasteiger partial charge on any atom is 0.231 e. The standard InChI is InChI=1S/C12H15NO4/c13-4-11(14)12(5-15-6-12)8-1-2-9-10(3-8)17-7-16-9/h1-3,11,14H,4-7,13H2. The fourth-order valence-corrected chi connectivity index (χ4v) is 2.31. The van der Waals surface area contributed by atoms with Crippen molar-refractivity contribution in [2.24, 2.45) is 5.73 Å².